The molecule has 5 heteroatoms. The van der Waals surface area contributed by atoms with Gasteiger partial charge < -0.3 is 15.8 Å². The van der Waals surface area contributed by atoms with Gasteiger partial charge in [0.1, 0.15) is 0 Å². The number of hydrogen-bond donors (Lipinski definition) is 2. The van der Waals surface area contributed by atoms with E-state index in [0.29, 0.717) is 18.2 Å². The van der Waals surface area contributed by atoms with Gasteiger partial charge in [0.15, 0.2) is 16.6 Å². The Labute approximate surface area is 101 Å². The molecule has 1 aromatic heterocycles. The van der Waals surface area contributed by atoms with Crippen LogP contribution in [-0.4, -0.2) is 17.5 Å². The van der Waals surface area contributed by atoms with Gasteiger partial charge in [-0.25, -0.2) is 0 Å². The molecule has 0 unspecified atom stereocenters. The Hall–Kier alpha value is -0.970. The average molecular weight is 243 g/mol. The second-order valence-corrected chi connectivity index (χ2v) is 4.42. The molecule has 16 heavy (non-hydrogen) atoms. The number of unbranched alkanes of at least 4 members (excludes halogenated alkanes) is 3. The van der Waals surface area contributed by atoms with Crippen molar-refractivity contribution in [2.45, 2.75) is 39.5 Å². The first-order chi connectivity index (χ1) is 7.79. The molecule has 3 N–H and O–H groups in total. The van der Waals surface area contributed by atoms with Gasteiger partial charge in [0.25, 0.3) is 0 Å². The zero-order valence-corrected chi connectivity index (χ0v) is 10.9. The maximum atomic E-state index is 5.71. The zero-order valence-electron chi connectivity index (χ0n) is 10.1. The Balaban J connectivity index is 2.35. The summed E-state index contributed by atoms with van der Waals surface area (Å²) in [5.41, 5.74) is 5.71. The molecule has 1 heterocycles. The number of nitrogen functional groups attached to an aromatic ring is 1. The lowest BCUT2D eigenvalue weighted by atomic mass is 10.2. The van der Waals surface area contributed by atoms with E-state index in [2.05, 4.69) is 16.6 Å². The molecule has 0 saturated carbocycles. The second-order valence-electron chi connectivity index (χ2n) is 3.65. The lowest BCUT2D eigenvalue weighted by molar-refractivity contribution is 0.344. The van der Waals surface area contributed by atoms with Crippen molar-refractivity contribution in [3.63, 3.8) is 0 Å². The van der Waals surface area contributed by atoms with Crippen molar-refractivity contribution < 1.29 is 4.74 Å². The SMILES string of the molecule is CCCCCCNc1snc(N)c1OCC. The van der Waals surface area contributed by atoms with Gasteiger partial charge in [0.2, 0.25) is 0 Å². The van der Waals surface area contributed by atoms with Gasteiger partial charge in [-0.05, 0) is 24.9 Å². The lowest BCUT2D eigenvalue weighted by Crippen LogP contribution is -2.03. The molecule has 0 spiro atoms. The number of anilines is 2. The third-order valence-electron chi connectivity index (χ3n) is 2.28. The van der Waals surface area contributed by atoms with Crippen LogP contribution >= 0.6 is 11.5 Å². The first-order valence-electron chi connectivity index (χ1n) is 5.91. The van der Waals surface area contributed by atoms with Crippen LogP contribution in [0, 0.1) is 0 Å². The Morgan fingerprint density at radius 3 is 2.81 bits per heavy atom. The standard InChI is InChI=1S/C11H21N3OS/c1-3-5-6-7-8-13-11-9(15-4-2)10(12)14-16-11/h13H,3-8H2,1-2H3,(H2,12,14). The summed E-state index contributed by atoms with van der Waals surface area (Å²) in [5.74, 6) is 1.20. The fourth-order valence-corrected chi connectivity index (χ4v) is 2.13. The van der Waals surface area contributed by atoms with Gasteiger partial charge in [-0.15, -0.1) is 0 Å². The van der Waals surface area contributed by atoms with Crippen molar-refractivity contribution in [1.82, 2.24) is 4.37 Å². The molecular formula is C11H21N3OS. The number of nitrogens with zero attached hydrogens (tertiary/aromatic N) is 1. The maximum absolute atomic E-state index is 5.71. The monoisotopic (exact) mass is 243 g/mol. The molecule has 0 amide bonds. The molecular weight excluding hydrogens is 222 g/mol. The van der Waals surface area contributed by atoms with E-state index in [1.165, 1.54) is 37.2 Å². The molecule has 1 rings (SSSR count). The van der Waals surface area contributed by atoms with Crippen molar-refractivity contribution in [1.29, 1.82) is 0 Å². The van der Waals surface area contributed by atoms with E-state index in [-0.39, 0.29) is 0 Å². The molecule has 0 bridgehead atoms. The molecule has 92 valence electrons. The summed E-state index contributed by atoms with van der Waals surface area (Å²) in [6.45, 7) is 5.74. The number of ether oxygens (including phenoxy) is 1. The molecule has 4 nitrogen and oxygen atoms in total. The van der Waals surface area contributed by atoms with E-state index < -0.39 is 0 Å². The normalized spacial score (nSPS) is 10.4. The highest BCUT2D eigenvalue weighted by atomic mass is 32.1. The zero-order chi connectivity index (χ0) is 11.8. The summed E-state index contributed by atoms with van der Waals surface area (Å²) < 4.78 is 9.53. The van der Waals surface area contributed by atoms with Gasteiger partial charge in [-0.2, -0.15) is 4.37 Å². The van der Waals surface area contributed by atoms with E-state index in [0.717, 1.165) is 11.5 Å². The van der Waals surface area contributed by atoms with E-state index in [9.17, 15) is 0 Å². The predicted molar refractivity (Wildman–Crippen MR) is 70.3 cm³/mol. The highest BCUT2D eigenvalue weighted by molar-refractivity contribution is 7.11. The van der Waals surface area contributed by atoms with Gasteiger partial charge >= 0.3 is 0 Å². The summed E-state index contributed by atoms with van der Waals surface area (Å²) >= 11 is 1.37. The van der Waals surface area contributed by atoms with Crippen LogP contribution in [0.2, 0.25) is 0 Å². The lowest BCUT2D eigenvalue weighted by Gasteiger charge is -2.07. The molecule has 0 saturated heterocycles. The van der Waals surface area contributed by atoms with Gasteiger partial charge in [-0.3, -0.25) is 0 Å². The summed E-state index contributed by atoms with van der Waals surface area (Å²) in [4.78, 5) is 0. The summed E-state index contributed by atoms with van der Waals surface area (Å²) in [6, 6.07) is 0. The van der Waals surface area contributed by atoms with Crippen LogP contribution in [0.5, 0.6) is 5.75 Å². The molecule has 0 radical (unpaired) electrons. The molecule has 1 aromatic rings. The highest BCUT2D eigenvalue weighted by Crippen LogP contribution is 2.34. The highest BCUT2D eigenvalue weighted by Gasteiger charge is 2.11. The van der Waals surface area contributed by atoms with Crippen LogP contribution in [0.15, 0.2) is 0 Å². The summed E-state index contributed by atoms with van der Waals surface area (Å²) in [7, 11) is 0. The molecule has 0 atom stereocenters. The minimum Gasteiger partial charge on any atom is -0.487 e. The van der Waals surface area contributed by atoms with Crippen molar-refractivity contribution in [3.8, 4) is 5.75 Å². The molecule has 0 aliphatic heterocycles. The van der Waals surface area contributed by atoms with Crippen molar-refractivity contribution in [2.24, 2.45) is 0 Å². The van der Waals surface area contributed by atoms with E-state index >= 15 is 0 Å². The van der Waals surface area contributed by atoms with Gasteiger partial charge in [-0.1, -0.05) is 26.2 Å². The number of rotatable bonds is 8. The molecule has 0 aliphatic carbocycles. The average Bonchev–Trinajstić information content (AvgIpc) is 2.62. The van der Waals surface area contributed by atoms with Crippen LogP contribution in [0.3, 0.4) is 0 Å². The van der Waals surface area contributed by atoms with Gasteiger partial charge in [0, 0.05) is 6.54 Å². The number of nitrogens with two attached hydrogens (primary N) is 1. The number of nitrogens with one attached hydrogen (secondary N) is 1. The van der Waals surface area contributed by atoms with Crippen LogP contribution in [0.1, 0.15) is 39.5 Å². The first kappa shape index (κ1) is 13.1. The number of hydrogen-bond acceptors (Lipinski definition) is 5. The number of aromatic nitrogens is 1. The third kappa shape index (κ3) is 3.89. The second kappa shape index (κ2) is 7.33. The molecule has 0 fully saturated rings. The minimum atomic E-state index is 0.489. The van der Waals surface area contributed by atoms with Crippen LogP contribution in [0.25, 0.3) is 0 Å². The van der Waals surface area contributed by atoms with Crippen LogP contribution < -0.4 is 15.8 Å². The van der Waals surface area contributed by atoms with Crippen LogP contribution in [0.4, 0.5) is 10.8 Å². The Morgan fingerprint density at radius 1 is 1.31 bits per heavy atom. The largest absolute Gasteiger partial charge is 0.487 e. The minimum absolute atomic E-state index is 0.489. The molecule has 0 aliphatic rings. The van der Waals surface area contributed by atoms with Crippen LogP contribution in [-0.2, 0) is 0 Å². The summed E-state index contributed by atoms with van der Waals surface area (Å²) in [6.07, 6.45) is 5.00. The topological polar surface area (TPSA) is 60.2 Å². The van der Waals surface area contributed by atoms with E-state index in [4.69, 9.17) is 10.5 Å². The molecule has 0 aromatic carbocycles. The Morgan fingerprint density at radius 2 is 2.12 bits per heavy atom. The maximum Gasteiger partial charge on any atom is 0.197 e. The van der Waals surface area contributed by atoms with Crippen molar-refractivity contribution in [3.05, 3.63) is 0 Å². The smallest absolute Gasteiger partial charge is 0.197 e. The Bertz CT molecular complexity index is 301. The van der Waals surface area contributed by atoms with E-state index in [1.807, 2.05) is 6.92 Å². The van der Waals surface area contributed by atoms with Crippen molar-refractivity contribution in [2.75, 3.05) is 24.2 Å². The van der Waals surface area contributed by atoms with Gasteiger partial charge in [0.05, 0.1) is 6.61 Å². The predicted octanol–water partition coefficient (Wildman–Crippen LogP) is 3.12. The summed E-state index contributed by atoms with van der Waals surface area (Å²) in [5, 5.41) is 4.28. The quantitative estimate of drug-likeness (QED) is 0.689. The third-order valence-corrected chi connectivity index (χ3v) is 3.08. The van der Waals surface area contributed by atoms with Crippen molar-refractivity contribution >= 4 is 22.4 Å². The van der Waals surface area contributed by atoms with E-state index in [1.54, 1.807) is 0 Å². The fraction of sp³-hybridized carbons (Fsp3) is 0.727. The Kier molecular flexibility index (Phi) is 6.00. The fourth-order valence-electron chi connectivity index (χ4n) is 1.44. The first-order valence-corrected chi connectivity index (χ1v) is 6.68.